The second-order valence-corrected chi connectivity index (χ2v) is 8.77. The van der Waals surface area contributed by atoms with E-state index >= 15 is 0 Å². The minimum absolute atomic E-state index is 0.0674. The van der Waals surface area contributed by atoms with Crippen molar-refractivity contribution in [3.8, 4) is 0 Å². The van der Waals surface area contributed by atoms with E-state index in [9.17, 15) is 13.2 Å². The van der Waals surface area contributed by atoms with Crippen molar-refractivity contribution in [1.82, 2.24) is 4.90 Å². The molecule has 5 nitrogen and oxygen atoms in total. The zero-order chi connectivity index (χ0) is 17.9. The van der Waals surface area contributed by atoms with Gasteiger partial charge in [0, 0.05) is 25.2 Å². The Kier molecular flexibility index (Phi) is 5.47. The van der Waals surface area contributed by atoms with Crippen molar-refractivity contribution in [3.05, 3.63) is 35.9 Å². The highest BCUT2D eigenvalue weighted by molar-refractivity contribution is 7.93. The predicted molar refractivity (Wildman–Crippen MR) is 101 cm³/mol. The lowest BCUT2D eigenvalue weighted by Crippen LogP contribution is -2.42. The van der Waals surface area contributed by atoms with Crippen LogP contribution in [0.15, 0.2) is 30.3 Å². The first-order valence-electron chi connectivity index (χ1n) is 9.10. The summed E-state index contributed by atoms with van der Waals surface area (Å²) < 4.78 is 25.4. The summed E-state index contributed by atoms with van der Waals surface area (Å²) in [5.74, 6) is 0.287. The number of rotatable bonds is 4. The van der Waals surface area contributed by atoms with Crippen molar-refractivity contribution in [2.45, 2.75) is 45.1 Å². The molecule has 1 atom stereocenters. The van der Waals surface area contributed by atoms with Crippen molar-refractivity contribution in [2.24, 2.45) is 0 Å². The summed E-state index contributed by atoms with van der Waals surface area (Å²) in [6.07, 6.45) is 8.49. The van der Waals surface area contributed by atoms with Gasteiger partial charge >= 0.3 is 0 Å². The number of sulfonamides is 1. The third kappa shape index (κ3) is 4.06. The van der Waals surface area contributed by atoms with Crippen LogP contribution in [0.4, 0.5) is 5.69 Å². The molecule has 0 radical (unpaired) electrons. The summed E-state index contributed by atoms with van der Waals surface area (Å²) in [5.41, 5.74) is 1.60. The fourth-order valence-electron chi connectivity index (χ4n) is 3.66. The first-order chi connectivity index (χ1) is 12.0. The summed E-state index contributed by atoms with van der Waals surface area (Å²) in [5, 5.41) is 0. The first kappa shape index (κ1) is 18.0. The molecule has 25 heavy (non-hydrogen) atoms. The van der Waals surface area contributed by atoms with E-state index in [-0.39, 0.29) is 11.7 Å². The van der Waals surface area contributed by atoms with Gasteiger partial charge in [0.25, 0.3) is 0 Å². The summed E-state index contributed by atoms with van der Waals surface area (Å²) in [7, 11) is -3.15. The molecule has 0 saturated carbocycles. The second kappa shape index (κ2) is 7.60. The molecule has 0 bridgehead atoms. The highest BCUT2D eigenvalue weighted by Gasteiger charge is 2.28. The molecule has 136 valence electrons. The molecular weight excluding hydrogens is 336 g/mol. The van der Waals surface area contributed by atoms with Crippen molar-refractivity contribution in [1.29, 1.82) is 0 Å². The van der Waals surface area contributed by atoms with Crippen LogP contribution in [0.2, 0.25) is 0 Å². The Morgan fingerprint density at radius 1 is 1.16 bits per heavy atom. The van der Waals surface area contributed by atoms with Gasteiger partial charge in [-0.2, -0.15) is 0 Å². The molecule has 2 aliphatic heterocycles. The SMILES string of the molecule is CCC1CCCCN1C(=O)/C=C/c1ccc(N2CCCS2(=O)=O)cc1. The van der Waals surface area contributed by atoms with E-state index in [1.54, 1.807) is 6.08 Å². The van der Waals surface area contributed by atoms with Crippen molar-refractivity contribution in [2.75, 3.05) is 23.1 Å². The van der Waals surface area contributed by atoms with Gasteiger partial charge in [0.1, 0.15) is 0 Å². The number of hydrogen-bond acceptors (Lipinski definition) is 3. The van der Waals surface area contributed by atoms with Gasteiger partial charge in [-0.3, -0.25) is 9.10 Å². The number of benzene rings is 1. The van der Waals surface area contributed by atoms with Gasteiger partial charge in [0.05, 0.1) is 11.4 Å². The highest BCUT2D eigenvalue weighted by Crippen LogP contribution is 2.24. The Morgan fingerprint density at radius 2 is 1.92 bits per heavy atom. The lowest BCUT2D eigenvalue weighted by atomic mass is 10.00. The lowest BCUT2D eigenvalue weighted by molar-refractivity contribution is -0.129. The van der Waals surface area contributed by atoms with Crippen LogP contribution >= 0.6 is 0 Å². The number of hydrogen-bond donors (Lipinski definition) is 0. The van der Waals surface area contributed by atoms with E-state index < -0.39 is 10.0 Å². The molecular formula is C19H26N2O3S. The molecule has 1 amide bonds. The molecule has 2 heterocycles. The molecule has 0 aromatic heterocycles. The van der Waals surface area contributed by atoms with Crippen LogP contribution in [0, 0.1) is 0 Å². The maximum atomic E-state index is 12.5. The van der Waals surface area contributed by atoms with E-state index in [4.69, 9.17) is 0 Å². The van der Waals surface area contributed by atoms with Crippen LogP contribution in [0.25, 0.3) is 6.08 Å². The van der Waals surface area contributed by atoms with Gasteiger partial charge in [-0.05, 0) is 55.9 Å². The molecule has 6 heteroatoms. The molecule has 3 rings (SSSR count). The fourth-order valence-corrected chi connectivity index (χ4v) is 5.22. The summed E-state index contributed by atoms with van der Waals surface area (Å²) >= 11 is 0. The number of likely N-dealkylation sites (tertiary alicyclic amines) is 1. The van der Waals surface area contributed by atoms with Gasteiger partial charge in [-0.25, -0.2) is 8.42 Å². The van der Waals surface area contributed by atoms with Crippen molar-refractivity contribution in [3.63, 3.8) is 0 Å². The maximum Gasteiger partial charge on any atom is 0.246 e. The Bertz CT molecular complexity index is 740. The van der Waals surface area contributed by atoms with Crippen LogP contribution in [0.5, 0.6) is 0 Å². The monoisotopic (exact) mass is 362 g/mol. The summed E-state index contributed by atoms with van der Waals surface area (Å²) in [6.45, 7) is 3.52. The molecule has 2 fully saturated rings. The molecule has 1 unspecified atom stereocenters. The summed E-state index contributed by atoms with van der Waals surface area (Å²) in [6, 6.07) is 7.69. The highest BCUT2D eigenvalue weighted by atomic mass is 32.2. The largest absolute Gasteiger partial charge is 0.336 e. The maximum absolute atomic E-state index is 12.5. The second-order valence-electron chi connectivity index (χ2n) is 6.76. The minimum atomic E-state index is -3.15. The molecule has 2 aliphatic rings. The van der Waals surface area contributed by atoms with E-state index in [2.05, 4.69) is 6.92 Å². The van der Waals surface area contributed by atoms with Crippen LogP contribution in [0.3, 0.4) is 0 Å². The van der Waals surface area contributed by atoms with Crippen molar-refractivity contribution >= 4 is 27.7 Å². The van der Waals surface area contributed by atoms with Crippen molar-refractivity contribution < 1.29 is 13.2 Å². The average molecular weight is 362 g/mol. The van der Waals surface area contributed by atoms with E-state index in [1.165, 1.54) is 10.7 Å². The van der Waals surface area contributed by atoms with Crippen LogP contribution in [-0.2, 0) is 14.8 Å². The summed E-state index contributed by atoms with van der Waals surface area (Å²) in [4.78, 5) is 14.4. The van der Waals surface area contributed by atoms with Gasteiger partial charge < -0.3 is 4.90 Å². The number of carbonyl (C=O) groups is 1. The number of carbonyl (C=O) groups excluding carboxylic acids is 1. The quantitative estimate of drug-likeness (QED) is 0.774. The third-order valence-electron chi connectivity index (χ3n) is 5.08. The van der Waals surface area contributed by atoms with Gasteiger partial charge in [0.15, 0.2) is 0 Å². The first-order valence-corrected chi connectivity index (χ1v) is 10.7. The number of nitrogens with zero attached hydrogens (tertiary/aromatic N) is 2. The Labute approximate surface area is 150 Å². The molecule has 1 aromatic rings. The lowest BCUT2D eigenvalue weighted by Gasteiger charge is -2.34. The minimum Gasteiger partial charge on any atom is -0.336 e. The zero-order valence-electron chi connectivity index (χ0n) is 14.7. The topological polar surface area (TPSA) is 57.7 Å². The van der Waals surface area contributed by atoms with Gasteiger partial charge in [-0.15, -0.1) is 0 Å². The van der Waals surface area contributed by atoms with Crippen LogP contribution in [0.1, 0.15) is 44.6 Å². The van der Waals surface area contributed by atoms with E-state index in [0.717, 1.165) is 31.4 Å². The van der Waals surface area contributed by atoms with Gasteiger partial charge in [0.2, 0.25) is 15.9 Å². The number of piperidine rings is 1. The molecule has 0 N–H and O–H groups in total. The number of amides is 1. The number of anilines is 1. The zero-order valence-corrected chi connectivity index (χ0v) is 15.5. The Morgan fingerprint density at radius 3 is 2.56 bits per heavy atom. The molecule has 1 aromatic carbocycles. The third-order valence-corrected chi connectivity index (χ3v) is 6.95. The normalized spacial score (nSPS) is 23.3. The predicted octanol–water partition coefficient (Wildman–Crippen LogP) is 3.03. The average Bonchev–Trinajstić information content (AvgIpc) is 2.99. The molecule has 0 aliphatic carbocycles. The fraction of sp³-hybridized carbons (Fsp3) is 0.526. The molecule has 2 saturated heterocycles. The van der Waals surface area contributed by atoms with E-state index in [0.29, 0.717) is 24.7 Å². The smallest absolute Gasteiger partial charge is 0.246 e. The Balaban J connectivity index is 1.66. The van der Waals surface area contributed by atoms with Crippen LogP contribution < -0.4 is 4.31 Å². The van der Waals surface area contributed by atoms with Gasteiger partial charge in [-0.1, -0.05) is 19.1 Å². The standard InChI is InChI=1S/C19H26N2O3S/c1-2-17-6-3-4-13-20(17)19(22)12-9-16-7-10-18(11-8-16)21-14-5-15-25(21,23)24/h7-12,17H,2-6,13-15H2,1H3/b12-9+. The van der Waals surface area contributed by atoms with E-state index in [1.807, 2.05) is 35.2 Å². The Hall–Kier alpha value is -1.82. The van der Waals surface area contributed by atoms with Crippen LogP contribution in [-0.4, -0.2) is 44.1 Å². The molecule has 0 spiro atoms.